The predicted molar refractivity (Wildman–Crippen MR) is 77.1 cm³/mol. The van der Waals surface area contributed by atoms with E-state index < -0.39 is 0 Å². The van der Waals surface area contributed by atoms with Crippen molar-refractivity contribution in [3.05, 3.63) is 34.1 Å². The first-order valence-corrected chi connectivity index (χ1v) is 6.76. The summed E-state index contributed by atoms with van der Waals surface area (Å²) >= 11 is 3.16. The molecule has 0 atom stereocenters. The number of aliphatic imine (C=N–C) groups is 1. The van der Waals surface area contributed by atoms with Crippen LogP contribution in [0.15, 0.2) is 27.7 Å². The molecule has 1 aromatic carbocycles. The quantitative estimate of drug-likeness (QED) is 0.648. The highest BCUT2D eigenvalue weighted by Gasteiger charge is 2.00. The van der Waals surface area contributed by atoms with E-state index >= 15 is 0 Å². The second-order valence-corrected chi connectivity index (χ2v) is 5.40. The van der Waals surface area contributed by atoms with E-state index in [1.807, 2.05) is 0 Å². The molecule has 0 saturated carbocycles. The predicted octanol–water partition coefficient (Wildman–Crippen LogP) is 2.69. The fourth-order valence-electron chi connectivity index (χ4n) is 1.37. The van der Waals surface area contributed by atoms with Crippen LogP contribution in [0.25, 0.3) is 0 Å². The van der Waals surface area contributed by atoms with E-state index in [1.54, 1.807) is 12.1 Å². The van der Waals surface area contributed by atoms with Gasteiger partial charge in [0.2, 0.25) is 0 Å². The zero-order chi connectivity index (χ0) is 13.5. The Morgan fingerprint density at radius 1 is 1.50 bits per heavy atom. The fraction of sp³-hybridized carbons (Fsp3) is 0.462. The second kappa shape index (κ2) is 7.36. The van der Waals surface area contributed by atoms with E-state index in [4.69, 9.17) is 5.73 Å². The van der Waals surface area contributed by atoms with Crippen LogP contribution in [0.4, 0.5) is 4.39 Å². The van der Waals surface area contributed by atoms with Crippen molar-refractivity contribution in [1.29, 1.82) is 0 Å². The Bertz CT molecular complexity index is 419. The van der Waals surface area contributed by atoms with E-state index in [-0.39, 0.29) is 5.82 Å². The third-order valence-corrected chi connectivity index (χ3v) is 2.94. The summed E-state index contributed by atoms with van der Waals surface area (Å²) in [5.41, 5.74) is 6.76. The van der Waals surface area contributed by atoms with Crippen molar-refractivity contribution in [2.75, 3.05) is 13.1 Å². The van der Waals surface area contributed by atoms with Gasteiger partial charge in [-0.05, 0) is 46.0 Å². The molecule has 100 valence electrons. The van der Waals surface area contributed by atoms with Crippen molar-refractivity contribution in [2.24, 2.45) is 16.6 Å². The molecule has 1 rings (SSSR count). The van der Waals surface area contributed by atoms with Crippen LogP contribution in [-0.2, 0) is 6.42 Å². The zero-order valence-corrected chi connectivity index (χ0v) is 12.3. The van der Waals surface area contributed by atoms with Gasteiger partial charge in [0.05, 0.1) is 4.47 Å². The molecule has 0 spiro atoms. The Morgan fingerprint density at radius 3 is 2.83 bits per heavy atom. The molecule has 0 aromatic heterocycles. The molecule has 0 saturated heterocycles. The summed E-state index contributed by atoms with van der Waals surface area (Å²) in [4.78, 5) is 4.20. The molecule has 18 heavy (non-hydrogen) atoms. The largest absolute Gasteiger partial charge is 0.370 e. The highest BCUT2D eigenvalue weighted by atomic mass is 79.9. The van der Waals surface area contributed by atoms with Crippen LogP contribution in [-0.4, -0.2) is 19.0 Å². The zero-order valence-electron chi connectivity index (χ0n) is 10.7. The lowest BCUT2D eigenvalue weighted by Crippen LogP contribution is -2.33. The standard InChI is InChI=1S/C13H19BrFN3/c1-9(2)8-18-13(16)17-6-5-10-3-4-12(15)11(14)7-10/h3-4,7,9H,5-6,8H2,1-2H3,(H3,16,17,18). The molecular formula is C13H19BrFN3. The Hall–Kier alpha value is -1.10. The van der Waals surface area contributed by atoms with Gasteiger partial charge in [-0.2, -0.15) is 0 Å². The Labute approximate surface area is 116 Å². The molecule has 3 N–H and O–H groups in total. The van der Waals surface area contributed by atoms with Crippen LogP contribution in [0.5, 0.6) is 0 Å². The van der Waals surface area contributed by atoms with Gasteiger partial charge in [-0.25, -0.2) is 4.39 Å². The first-order valence-electron chi connectivity index (χ1n) is 5.96. The average Bonchev–Trinajstić information content (AvgIpc) is 2.31. The van der Waals surface area contributed by atoms with Gasteiger partial charge < -0.3 is 11.1 Å². The molecular weight excluding hydrogens is 297 g/mol. The number of nitrogens with one attached hydrogen (secondary N) is 1. The highest BCUT2D eigenvalue weighted by Crippen LogP contribution is 2.16. The third-order valence-electron chi connectivity index (χ3n) is 2.33. The lowest BCUT2D eigenvalue weighted by molar-refractivity contribution is 0.620. The summed E-state index contributed by atoms with van der Waals surface area (Å²) in [6, 6.07) is 5.00. The van der Waals surface area contributed by atoms with Crippen LogP contribution in [0.2, 0.25) is 0 Å². The average molecular weight is 316 g/mol. The van der Waals surface area contributed by atoms with Crippen molar-refractivity contribution >= 4 is 21.9 Å². The molecule has 0 aliphatic carbocycles. The topological polar surface area (TPSA) is 50.4 Å². The number of guanidine groups is 1. The van der Waals surface area contributed by atoms with E-state index in [2.05, 4.69) is 40.1 Å². The maximum atomic E-state index is 13.0. The molecule has 1 aromatic rings. The summed E-state index contributed by atoms with van der Waals surface area (Å²) in [6.07, 6.45) is 0.775. The van der Waals surface area contributed by atoms with E-state index in [1.165, 1.54) is 6.07 Å². The normalized spacial score (nSPS) is 11.9. The van der Waals surface area contributed by atoms with Gasteiger partial charge in [-0.3, -0.25) is 4.99 Å². The molecule has 0 unspecified atom stereocenters. The minimum atomic E-state index is -0.246. The molecule has 3 nitrogen and oxygen atoms in total. The smallest absolute Gasteiger partial charge is 0.188 e. The number of rotatable bonds is 5. The van der Waals surface area contributed by atoms with Gasteiger partial charge in [0.1, 0.15) is 5.82 Å². The van der Waals surface area contributed by atoms with Crippen LogP contribution in [0.3, 0.4) is 0 Å². The molecule has 0 radical (unpaired) electrons. The number of hydrogen-bond donors (Lipinski definition) is 2. The summed E-state index contributed by atoms with van der Waals surface area (Å²) in [5.74, 6) is 0.716. The van der Waals surface area contributed by atoms with Gasteiger partial charge in [0, 0.05) is 13.1 Å². The maximum Gasteiger partial charge on any atom is 0.188 e. The van der Waals surface area contributed by atoms with Gasteiger partial charge in [-0.15, -0.1) is 0 Å². The molecule has 5 heteroatoms. The van der Waals surface area contributed by atoms with Crippen molar-refractivity contribution in [3.63, 3.8) is 0 Å². The Kier molecular flexibility index (Phi) is 6.12. The molecule has 0 fully saturated rings. The number of benzene rings is 1. The van der Waals surface area contributed by atoms with Crippen molar-refractivity contribution in [2.45, 2.75) is 20.3 Å². The number of hydrogen-bond acceptors (Lipinski definition) is 1. The second-order valence-electron chi connectivity index (χ2n) is 4.55. The SMILES string of the molecule is CC(C)CN=C(N)NCCc1ccc(F)c(Br)c1. The summed E-state index contributed by atoms with van der Waals surface area (Å²) in [6.45, 7) is 5.59. The summed E-state index contributed by atoms with van der Waals surface area (Å²) in [7, 11) is 0. The highest BCUT2D eigenvalue weighted by molar-refractivity contribution is 9.10. The molecule has 0 bridgehead atoms. The first kappa shape index (κ1) is 15.0. The lowest BCUT2D eigenvalue weighted by atomic mass is 10.1. The lowest BCUT2D eigenvalue weighted by Gasteiger charge is -2.07. The van der Waals surface area contributed by atoms with E-state index in [0.717, 1.165) is 18.5 Å². The molecule has 0 amide bonds. The maximum absolute atomic E-state index is 13.0. The van der Waals surface area contributed by atoms with Gasteiger partial charge in [-0.1, -0.05) is 19.9 Å². The van der Waals surface area contributed by atoms with Gasteiger partial charge >= 0.3 is 0 Å². The Balaban J connectivity index is 2.37. The minimum absolute atomic E-state index is 0.246. The molecule has 0 heterocycles. The number of nitrogens with two attached hydrogens (primary N) is 1. The number of halogens is 2. The van der Waals surface area contributed by atoms with Gasteiger partial charge in [0.25, 0.3) is 0 Å². The first-order chi connectivity index (χ1) is 8.49. The van der Waals surface area contributed by atoms with Crippen LogP contribution in [0, 0.1) is 11.7 Å². The van der Waals surface area contributed by atoms with Crippen molar-refractivity contribution < 1.29 is 4.39 Å². The van der Waals surface area contributed by atoms with Gasteiger partial charge in [0.15, 0.2) is 5.96 Å². The summed E-state index contributed by atoms with van der Waals surface area (Å²) < 4.78 is 13.5. The van der Waals surface area contributed by atoms with Crippen LogP contribution < -0.4 is 11.1 Å². The number of nitrogens with zero attached hydrogens (tertiary/aromatic N) is 1. The fourth-order valence-corrected chi connectivity index (χ4v) is 1.79. The molecule has 0 aliphatic rings. The third kappa shape index (κ3) is 5.49. The van der Waals surface area contributed by atoms with Crippen LogP contribution >= 0.6 is 15.9 Å². The van der Waals surface area contributed by atoms with Crippen molar-refractivity contribution in [1.82, 2.24) is 5.32 Å². The van der Waals surface area contributed by atoms with E-state index in [0.29, 0.717) is 22.9 Å². The van der Waals surface area contributed by atoms with Crippen molar-refractivity contribution in [3.8, 4) is 0 Å². The molecule has 0 aliphatic heterocycles. The van der Waals surface area contributed by atoms with E-state index in [9.17, 15) is 4.39 Å². The Morgan fingerprint density at radius 2 is 2.22 bits per heavy atom. The minimum Gasteiger partial charge on any atom is -0.370 e. The van der Waals surface area contributed by atoms with Crippen LogP contribution in [0.1, 0.15) is 19.4 Å². The monoisotopic (exact) mass is 315 g/mol. The summed E-state index contributed by atoms with van der Waals surface area (Å²) in [5, 5.41) is 3.04.